The highest BCUT2D eigenvalue weighted by molar-refractivity contribution is 7.89. The topological polar surface area (TPSA) is 103 Å². The molecule has 29 heavy (non-hydrogen) atoms. The van der Waals surface area contributed by atoms with Crippen molar-refractivity contribution >= 4 is 15.9 Å². The van der Waals surface area contributed by atoms with Crippen molar-refractivity contribution in [3.05, 3.63) is 59.9 Å². The van der Waals surface area contributed by atoms with Crippen molar-refractivity contribution in [2.45, 2.75) is 24.0 Å². The van der Waals surface area contributed by atoms with E-state index in [4.69, 9.17) is 5.26 Å². The van der Waals surface area contributed by atoms with Gasteiger partial charge in [0.1, 0.15) is 0 Å². The molecule has 11 heteroatoms. The number of aromatic nitrogens is 1. The van der Waals surface area contributed by atoms with E-state index in [-0.39, 0.29) is 19.5 Å². The molecule has 0 saturated heterocycles. The summed E-state index contributed by atoms with van der Waals surface area (Å²) < 4.78 is 65.0. The summed E-state index contributed by atoms with van der Waals surface area (Å²) in [6.07, 6.45) is -1.58. The second-order valence-electron chi connectivity index (χ2n) is 5.93. The van der Waals surface area contributed by atoms with Gasteiger partial charge in [0, 0.05) is 25.5 Å². The van der Waals surface area contributed by atoms with Gasteiger partial charge in [0.05, 0.1) is 29.5 Å². The van der Waals surface area contributed by atoms with E-state index in [0.717, 1.165) is 18.2 Å². The number of rotatable bonds is 8. The lowest BCUT2D eigenvalue weighted by atomic mass is 10.2. The quantitative estimate of drug-likeness (QED) is 0.698. The first kappa shape index (κ1) is 22.3. The molecule has 0 aliphatic carbocycles. The predicted molar refractivity (Wildman–Crippen MR) is 96.5 cm³/mol. The largest absolute Gasteiger partial charge is 0.416 e. The molecule has 0 bridgehead atoms. The van der Waals surface area contributed by atoms with Crippen molar-refractivity contribution in [2.75, 3.05) is 13.1 Å². The lowest BCUT2D eigenvalue weighted by Gasteiger charge is -2.22. The highest BCUT2D eigenvalue weighted by atomic mass is 32.2. The van der Waals surface area contributed by atoms with Crippen molar-refractivity contribution in [3.63, 3.8) is 0 Å². The van der Waals surface area contributed by atoms with Crippen molar-refractivity contribution in [3.8, 4) is 6.07 Å². The molecule has 0 atom stereocenters. The number of amides is 1. The van der Waals surface area contributed by atoms with Gasteiger partial charge < -0.3 is 4.90 Å². The van der Waals surface area contributed by atoms with Crippen LogP contribution < -0.4 is 4.72 Å². The molecular formula is C18H17F3N4O3S. The maximum Gasteiger partial charge on any atom is 0.416 e. The van der Waals surface area contributed by atoms with Crippen molar-refractivity contribution in [2.24, 2.45) is 0 Å². The summed E-state index contributed by atoms with van der Waals surface area (Å²) in [6.45, 7) is -0.487. The standard InChI is InChI=1S/C18H17F3N4O3S/c19-18(20,21)15-5-1-6-16(10-15)29(27,28)24-12-17(26)25(9-3-7-22)13-14-4-2-8-23-11-14/h1-2,4-6,8,10-11,24H,3,9,12-13H2. The molecule has 1 amide bonds. The number of hydrogen-bond donors (Lipinski definition) is 1. The number of nitrogens with zero attached hydrogens (tertiary/aromatic N) is 3. The molecule has 1 N–H and O–H groups in total. The number of alkyl halides is 3. The molecule has 1 aromatic carbocycles. The van der Waals surface area contributed by atoms with E-state index in [1.54, 1.807) is 18.3 Å². The Balaban J connectivity index is 2.10. The van der Waals surface area contributed by atoms with Crippen molar-refractivity contribution < 1.29 is 26.4 Å². The molecule has 0 unspecified atom stereocenters. The Bertz CT molecular complexity index is 989. The lowest BCUT2D eigenvalue weighted by Crippen LogP contribution is -2.40. The van der Waals surface area contributed by atoms with Crippen LogP contribution >= 0.6 is 0 Å². The maximum atomic E-state index is 12.8. The van der Waals surface area contributed by atoms with Crippen LogP contribution in [-0.2, 0) is 27.5 Å². The van der Waals surface area contributed by atoms with Crippen LogP contribution in [0.1, 0.15) is 17.5 Å². The molecular weight excluding hydrogens is 409 g/mol. The number of nitrogens with one attached hydrogen (secondary N) is 1. The Morgan fingerprint density at radius 3 is 2.62 bits per heavy atom. The number of sulfonamides is 1. The van der Waals surface area contributed by atoms with E-state index in [9.17, 15) is 26.4 Å². The second kappa shape index (κ2) is 9.49. The average Bonchev–Trinajstić information content (AvgIpc) is 2.69. The van der Waals surface area contributed by atoms with Gasteiger partial charge >= 0.3 is 6.18 Å². The van der Waals surface area contributed by atoms with Gasteiger partial charge in [-0.25, -0.2) is 13.1 Å². The van der Waals surface area contributed by atoms with Crippen molar-refractivity contribution in [1.29, 1.82) is 5.26 Å². The average molecular weight is 426 g/mol. The Morgan fingerprint density at radius 2 is 2.00 bits per heavy atom. The molecule has 1 heterocycles. The first-order valence-corrected chi connectivity index (χ1v) is 9.82. The van der Waals surface area contributed by atoms with Gasteiger partial charge in [-0.15, -0.1) is 0 Å². The normalized spacial score (nSPS) is 11.7. The van der Waals surface area contributed by atoms with Gasteiger partial charge in [0.25, 0.3) is 0 Å². The summed E-state index contributed by atoms with van der Waals surface area (Å²) in [6, 6.07) is 8.51. The summed E-state index contributed by atoms with van der Waals surface area (Å²) in [7, 11) is -4.34. The lowest BCUT2D eigenvalue weighted by molar-refractivity contribution is -0.137. The van der Waals surface area contributed by atoms with E-state index < -0.39 is 39.1 Å². The van der Waals surface area contributed by atoms with Crippen LogP contribution in [-0.4, -0.2) is 37.3 Å². The number of hydrogen-bond acceptors (Lipinski definition) is 5. The number of halogens is 3. The Morgan fingerprint density at radius 1 is 1.24 bits per heavy atom. The van der Waals surface area contributed by atoms with Crippen LogP contribution in [0.2, 0.25) is 0 Å². The molecule has 0 radical (unpaired) electrons. The van der Waals surface area contributed by atoms with Crippen LogP contribution in [0, 0.1) is 11.3 Å². The Hall–Kier alpha value is -2.97. The second-order valence-corrected chi connectivity index (χ2v) is 7.70. The fraction of sp³-hybridized carbons (Fsp3) is 0.278. The van der Waals surface area contributed by atoms with Crippen LogP contribution in [0.4, 0.5) is 13.2 Å². The van der Waals surface area contributed by atoms with Gasteiger partial charge in [-0.1, -0.05) is 12.1 Å². The number of benzene rings is 1. The zero-order valence-electron chi connectivity index (χ0n) is 15.1. The third-order valence-corrected chi connectivity index (χ3v) is 5.23. The summed E-state index contributed by atoms with van der Waals surface area (Å²) in [5, 5.41) is 8.76. The fourth-order valence-electron chi connectivity index (χ4n) is 2.38. The minimum atomic E-state index is -4.70. The van der Waals surface area contributed by atoms with Crippen LogP contribution in [0.15, 0.2) is 53.7 Å². The smallest absolute Gasteiger partial charge is 0.336 e. The first-order valence-electron chi connectivity index (χ1n) is 8.34. The van der Waals surface area contributed by atoms with Crippen LogP contribution in [0.5, 0.6) is 0 Å². The summed E-state index contributed by atoms with van der Waals surface area (Å²) in [5.74, 6) is -0.625. The molecule has 2 rings (SSSR count). The molecule has 2 aromatic rings. The number of nitriles is 1. The van der Waals surface area contributed by atoms with Gasteiger partial charge in [0.2, 0.25) is 15.9 Å². The third kappa shape index (κ3) is 6.55. The van der Waals surface area contributed by atoms with Gasteiger partial charge in [-0.2, -0.15) is 18.4 Å². The van der Waals surface area contributed by atoms with Gasteiger partial charge in [0.15, 0.2) is 0 Å². The minimum Gasteiger partial charge on any atom is -0.336 e. The fourth-order valence-corrected chi connectivity index (χ4v) is 3.40. The molecule has 154 valence electrons. The van der Waals surface area contributed by atoms with Crippen LogP contribution in [0.3, 0.4) is 0 Å². The van der Waals surface area contributed by atoms with Crippen molar-refractivity contribution in [1.82, 2.24) is 14.6 Å². The molecule has 0 aliphatic heterocycles. The molecule has 1 aromatic heterocycles. The van der Waals surface area contributed by atoms with E-state index in [1.165, 1.54) is 11.1 Å². The summed E-state index contributed by atoms with van der Waals surface area (Å²) >= 11 is 0. The summed E-state index contributed by atoms with van der Waals surface area (Å²) in [4.78, 5) is 17.0. The van der Waals surface area contributed by atoms with E-state index in [0.29, 0.717) is 11.6 Å². The molecule has 7 nitrogen and oxygen atoms in total. The highest BCUT2D eigenvalue weighted by Gasteiger charge is 2.31. The summed E-state index contributed by atoms with van der Waals surface area (Å²) in [5.41, 5.74) is -0.432. The number of pyridine rings is 1. The van der Waals surface area contributed by atoms with Gasteiger partial charge in [-0.3, -0.25) is 9.78 Å². The van der Waals surface area contributed by atoms with E-state index in [2.05, 4.69) is 4.98 Å². The SMILES string of the molecule is N#CCCN(Cc1cccnc1)C(=O)CNS(=O)(=O)c1cccc(C(F)(F)F)c1. The number of carbonyl (C=O) groups is 1. The Labute approximate surface area is 165 Å². The zero-order chi connectivity index (χ0) is 21.5. The zero-order valence-corrected chi connectivity index (χ0v) is 15.9. The minimum absolute atomic E-state index is 0.0341. The van der Waals surface area contributed by atoms with Gasteiger partial charge in [-0.05, 0) is 29.8 Å². The maximum absolute atomic E-state index is 12.8. The highest BCUT2D eigenvalue weighted by Crippen LogP contribution is 2.30. The molecule has 0 fully saturated rings. The monoisotopic (exact) mass is 426 g/mol. The first-order chi connectivity index (χ1) is 13.6. The van der Waals surface area contributed by atoms with Crippen LogP contribution in [0.25, 0.3) is 0 Å². The third-order valence-electron chi connectivity index (χ3n) is 3.83. The predicted octanol–water partition coefficient (Wildman–Crippen LogP) is 2.32. The van der Waals surface area contributed by atoms with E-state index in [1.807, 2.05) is 10.8 Å². The molecule has 0 spiro atoms. The Kier molecular flexibility index (Phi) is 7.30. The number of carbonyl (C=O) groups excluding carboxylic acids is 1. The molecule has 0 saturated carbocycles. The van der Waals surface area contributed by atoms with E-state index >= 15 is 0 Å². The molecule has 0 aliphatic rings.